The Labute approximate surface area is 106 Å². The van der Waals surface area contributed by atoms with Crippen LogP contribution in [0, 0.1) is 0 Å². The van der Waals surface area contributed by atoms with Gasteiger partial charge >= 0.3 is 0 Å². The lowest BCUT2D eigenvalue weighted by atomic mass is 10.0. The summed E-state index contributed by atoms with van der Waals surface area (Å²) >= 11 is 5.95. The first-order valence-corrected chi connectivity index (χ1v) is 6.06. The highest BCUT2D eigenvalue weighted by Gasteiger charge is 2.26. The van der Waals surface area contributed by atoms with Crippen molar-refractivity contribution in [3.05, 3.63) is 34.9 Å². The first kappa shape index (κ1) is 12.4. The van der Waals surface area contributed by atoms with Gasteiger partial charge in [-0.25, -0.2) is 0 Å². The maximum atomic E-state index is 11.6. The van der Waals surface area contributed by atoms with E-state index in [1.807, 2.05) is 12.1 Å². The molecule has 0 radical (unpaired) electrons. The van der Waals surface area contributed by atoms with E-state index in [0.717, 1.165) is 31.7 Å². The average molecular weight is 254 g/mol. The number of nitrogens with two attached hydrogens (primary N) is 1. The second kappa shape index (κ2) is 5.49. The third-order valence-electron chi connectivity index (χ3n) is 2.95. The second-order valence-electron chi connectivity index (χ2n) is 4.15. The molecular weight excluding hydrogens is 238 g/mol. The standard InChI is InChI=1S/C12H16ClN3O/c13-10-3-1-2-9(8-10)11(12(14)17)16-6-4-15-5-7-16/h1-3,8,11,15H,4-7H2,(H2,14,17). The fourth-order valence-corrected chi connectivity index (χ4v) is 2.37. The third-order valence-corrected chi connectivity index (χ3v) is 3.19. The summed E-state index contributed by atoms with van der Waals surface area (Å²) in [5.74, 6) is -0.325. The van der Waals surface area contributed by atoms with E-state index in [1.165, 1.54) is 0 Å². The van der Waals surface area contributed by atoms with Crippen molar-refractivity contribution >= 4 is 17.5 Å². The zero-order chi connectivity index (χ0) is 12.3. The number of primary amides is 1. The van der Waals surface area contributed by atoms with Crippen molar-refractivity contribution in [2.75, 3.05) is 26.2 Å². The lowest BCUT2D eigenvalue weighted by molar-refractivity contribution is -0.123. The fraction of sp³-hybridized carbons (Fsp3) is 0.417. The molecule has 17 heavy (non-hydrogen) atoms. The van der Waals surface area contributed by atoms with Crippen LogP contribution in [0.1, 0.15) is 11.6 Å². The van der Waals surface area contributed by atoms with Crippen molar-refractivity contribution < 1.29 is 4.79 Å². The topological polar surface area (TPSA) is 58.4 Å². The molecule has 0 aliphatic carbocycles. The molecule has 1 aliphatic heterocycles. The normalized spacial score (nSPS) is 18.9. The quantitative estimate of drug-likeness (QED) is 0.837. The number of nitrogens with one attached hydrogen (secondary N) is 1. The van der Waals surface area contributed by atoms with Crippen molar-refractivity contribution in [1.29, 1.82) is 0 Å². The van der Waals surface area contributed by atoms with Crippen LogP contribution in [0.15, 0.2) is 24.3 Å². The van der Waals surface area contributed by atoms with Gasteiger partial charge in [-0.1, -0.05) is 23.7 Å². The van der Waals surface area contributed by atoms with Gasteiger partial charge in [-0.3, -0.25) is 9.69 Å². The van der Waals surface area contributed by atoms with Gasteiger partial charge in [-0.2, -0.15) is 0 Å². The summed E-state index contributed by atoms with van der Waals surface area (Å²) in [5, 5.41) is 3.88. The molecule has 0 bridgehead atoms. The van der Waals surface area contributed by atoms with E-state index in [0.29, 0.717) is 5.02 Å². The van der Waals surface area contributed by atoms with Crippen LogP contribution in [0.25, 0.3) is 0 Å². The Bertz CT molecular complexity index is 404. The van der Waals surface area contributed by atoms with Crippen LogP contribution >= 0.6 is 11.6 Å². The Morgan fingerprint density at radius 2 is 2.12 bits per heavy atom. The summed E-state index contributed by atoms with van der Waals surface area (Å²) in [6.07, 6.45) is 0. The molecule has 1 saturated heterocycles. The predicted molar refractivity (Wildman–Crippen MR) is 67.8 cm³/mol. The van der Waals surface area contributed by atoms with Gasteiger partial charge in [-0.15, -0.1) is 0 Å². The van der Waals surface area contributed by atoms with Crippen LogP contribution < -0.4 is 11.1 Å². The average Bonchev–Trinajstić information content (AvgIpc) is 2.30. The van der Waals surface area contributed by atoms with Gasteiger partial charge < -0.3 is 11.1 Å². The molecule has 1 atom stereocenters. The van der Waals surface area contributed by atoms with E-state index >= 15 is 0 Å². The molecule has 1 aliphatic rings. The molecule has 0 saturated carbocycles. The largest absolute Gasteiger partial charge is 0.368 e. The molecule has 3 N–H and O–H groups in total. The minimum Gasteiger partial charge on any atom is -0.368 e. The van der Waals surface area contributed by atoms with E-state index in [2.05, 4.69) is 10.2 Å². The number of hydrogen-bond donors (Lipinski definition) is 2. The predicted octanol–water partition coefficient (Wildman–Crippen LogP) is 0.772. The highest BCUT2D eigenvalue weighted by atomic mass is 35.5. The summed E-state index contributed by atoms with van der Waals surface area (Å²) in [6.45, 7) is 3.40. The van der Waals surface area contributed by atoms with Crippen molar-refractivity contribution in [1.82, 2.24) is 10.2 Å². The number of hydrogen-bond acceptors (Lipinski definition) is 3. The fourth-order valence-electron chi connectivity index (χ4n) is 2.17. The van der Waals surface area contributed by atoms with Gasteiger partial charge in [0, 0.05) is 31.2 Å². The summed E-state index contributed by atoms with van der Waals surface area (Å²) in [7, 11) is 0. The third kappa shape index (κ3) is 2.97. The SMILES string of the molecule is NC(=O)C(c1cccc(Cl)c1)N1CCNCC1. The minimum absolute atomic E-state index is 0.325. The van der Waals surface area contributed by atoms with Gasteiger partial charge in [0.2, 0.25) is 5.91 Å². The van der Waals surface area contributed by atoms with E-state index < -0.39 is 0 Å². The number of amides is 1. The highest BCUT2D eigenvalue weighted by Crippen LogP contribution is 2.23. The molecule has 1 aromatic rings. The Morgan fingerprint density at radius 3 is 2.71 bits per heavy atom. The summed E-state index contributed by atoms with van der Waals surface area (Å²) < 4.78 is 0. The van der Waals surface area contributed by atoms with E-state index in [4.69, 9.17) is 17.3 Å². The van der Waals surface area contributed by atoms with Gasteiger partial charge in [0.15, 0.2) is 0 Å². The maximum Gasteiger partial charge on any atom is 0.239 e. The van der Waals surface area contributed by atoms with Gasteiger partial charge in [0.1, 0.15) is 6.04 Å². The number of piperazine rings is 1. The Kier molecular flexibility index (Phi) is 3.99. The molecule has 1 unspecified atom stereocenters. The molecular formula is C12H16ClN3O. The smallest absolute Gasteiger partial charge is 0.239 e. The van der Waals surface area contributed by atoms with Gasteiger partial charge in [0.05, 0.1) is 0 Å². The van der Waals surface area contributed by atoms with Crippen molar-refractivity contribution in [2.45, 2.75) is 6.04 Å². The minimum atomic E-state index is -0.379. The monoisotopic (exact) mass is 253 g/mol. The van der Waals surface area contributed by atoms with Gasteiger partial charge in [-0.05, 0) is 17.7 Å². The van der Waals surface area contributed by atoms with E-state index in [1.54, 1.807) is 12.1 Å². The first-order chi connectivity index (χ1) is 8.18. The van der Waals surface area contributed by atoms with Crippen molar-refractivity contribution in [3.8, 4) is 0 Å². The zero-order valence-electron chi connectivity index (χ0n) is 9.53. The second-order valence-corrected chi connectivity index (χ2v) is 4.58. The van der Waals surface area contributed by atoms with Crippen LogP contribution in [0.2, 0.25) is 5.02 Å². The highest BCUT2D eigenvalue weighted by molar-refractivity contribution is 6.30. The number of halogens is 1. The molecule has 0 spiro atoms. The summed E-state index contributed by atoms with van der Waals surface area (Å²) in [4.78, 5) is 13.7. The van der Waals surface area contributed by atoms with E-state index in [9.17, 15) is 4.79 Å². The molecule has 0 aromatic heterocycles. The number of rotatable bonds is 3. The molecule has 92 valence electrons. The molecule has 4 nitrogen and oxygen atoms in total. The van der Waals surface area contributed by atoms with Crippen molar-refractivity contribution in [3.63, 3.8) is 0 Å². The molecule has 1 amide bonds. The molecule has 2 rings (SSSR count). The molecule has 5 heteroatoms. The Hall–Kier alpha value is -1.10. The summed E-state index contributed by atoms with van der Waals surface area (Å²) in [5.41, 5.74) is 6.37. The van der Waals surface area contributed by atoms with Crippen molar-refractivity contribution in [2.24, 2.45) is 5.73 Å². The zero-order valence-corrected chi connectivity index (χ0v) is 10.3. The van der Waals surface area contributed by atoms with Gasteiger partial charge in [0.25, 0.3) is 0 Å². The van der Waals surface area contributed by atoms with Crippen LogP contribution in [-0.4, -0.2) is 37.0 Å². The number of nitrogens with zero attached hydrogens (tertiary/aromatic N) is 1. The lowest BCUT2D eigenvalue weighted by Gasteiger charge is -2.33. The van der Waals surface area contributed by atoms with Crippen LogP contribution in [0.5, 0.6) is 0 Å². The lowest BCUT2D eigenvalue weighted by Crippen LogP contribution is -2.48. The van der Waals surface area contributed by atoms with Crippen LogP contribution in [0.3, 0.4) is 0 Å². The Morgan fingerprint density at radius 1 is 1.41 bits per heavy atom. The maximum absolute atomic E-state index is 11.6. The van der Waals surface area contributed by atoms with Crippen LogP contribution in [-0.2, 0) is 4.79 Å². The Balaban J connectivity index is 2.25. The molecule has 1 heterocycles. The first-order valence-electron chi connectivity index (χ1n) is 5.68. The van der Waals surface area contributed by atoms with Crippen LogP contribution in [0.4, 0.5) is 0 Å². The number of benzene rings is 1. The summed E-state index contributed by atoms with van der Waals surface area (Å²) in [6, 6.07) is 6.95. The number of carbonyl (C=O) groups is 1. The van der Waals surface area contributed by atoms with E-state index in [-0.39, 0.29) is 11.9 Å². The molecule has 1 aromatic carbocycles. The number of carbonyl (C=O) groups excluding carboxylic acids is 1. The molecule has 1 fully saturated rings.